The van der Waals surface area contributed by atoms with Crippen LogP contribution >= 0.6 is 0 Å². The number of methoxy groups -OCH3 is 1. The predicted octanol–water partition coefficient (Wildman–Crippen LogP) is 2.63. The van der Waals surface area contributed by atoms with Gasteiger partial charge in [0.25, 0.3) is 0 Å². The van der Waals surface area contributed by atoms with Gasteiger partial charge in [-0.3, -0.25) is 9.99 Å². The number of hydrogen-bond acceptors (Lipinski definition) is 9. The molecule has 0 amide bonds. The van der Waals surface area contributed by atoms with Crippen LogP contribution in [0.15, 0.2) is 41.8 Å². The average molecular weight is 429 g/mol. The predicted molar refractivity (Wildman–Crippen MR) is 120 cm³/mol. The third-order valence-corrected chi connectivity index (χ3v) is 6.23. The lowest BCUT2D eigenvalue weighted by Crippen LogP contribution is -2.35. The van der Waals surface area contributed by atoms with Crippen molar-refractivity contribution in [2.75, 3.05) is 19.0 Å². The van der Waals surface area contributed by atoms with Crippen molar-refractivity contribution in [1.29, 1.82) is 0 Å². The van der Waals surface area contributed by atoms with Crippen molar-refractivity contribution >= 4 is 28.6 Å². The van der Waals surface area contributed by atoms with Gasteiger partial charge in [-0.05, 0) is 37.5 Å². The summed E-state index contributed by atoms with van der Waals surface area (Å²) in [5.41, 5.74) is 4.10. The molecule has 0 bridgehead atoms. The SMILES string of the molecule is COc1cnc2c(NCc3nnc4ccc(C5C=NN(C6CCC6)C5)nn34)ccnc2c1. The van der Waals surface area contributed by atoms with Gasteiger partial charge in [0.2, 0.25) is 0 Å². The van der Waals surface area contributed by atoms with E-state index >= 15 is 0 Å². The van der Waals surface area contributed by atoms with Crippen molar-refractivity contribution in [3.63, 3.8) is 0 Å². The summed E-state index contributed by atoms with van der Waals surface area (Å²) >= 11 is 0. The Morgan fingerprint density at radius 2 is 2.09 bits per heavy atom. The maximum atomic E-state index is 5.25. The maximum Gasteiger partial charge on any atom is 0.177 e. The van der Waals surface area contributed by atoms with Crippen LogP contribution in [0.4, 0.5) is 5.69 Å². The normalized spacial score (nSPS) is 18.4. The lowest BCUT2D eigenvalue weighted by Gasteiger charge is -2.33. The fourth-order valence-electron chi connectivity index (χ4n) is 4.16. The number of fused-ring (bicyclic) bond motifs is 2. The second kappa shape index (κ2) is 7.70. The first-order valence-electron chi connectivity index (χ1n) is 10.8. The Kier molecular flexibility index (Phi) is 4.55. The van der Waals surface area contributed by atoms with Crippen LogP contribution in [0.2, 0.25) is 0 Å². The molecule has 1 atom stereocenters. The van der Waals surface area contributed by atoms with Gasteiger partial charge in [-0.25, -0.2) is 4.98 Å². The summed E-state index contributed by atoms with van der Waals surface area (Å²) in [5, 5.41) is 23.7. The van der Waals surface area contributed by atoms with Crippen LogP contribution in [-0.2, 0) is 6.54 Å². The minimum Gasteiger partial charge on any atom is -0.495 e. The molecule has 162 valence electrons. The number of aromatic nitrogens is 6. The van der Waals surface area contributed by atoms with E-state index in [1.165, 1.54) is 19.3 Å². The molecule has 1 unspecified atom stereocenters. The highest BCUT2D eigenvalue weighted by molar-refractivity contribution is 5.87. The van der Waals surface area contributed by atoms with Gasteiger partial charge >= 0.3 is 0 Å². The summed E-state index contributed by atoms with van der Waals surface area (Å²) in [6.45, 7) is 1.34. The van der Waals surface area contributed by atoms with Crippen LogP contribution in [0.1, 0.15) is 36.7 Å². The first-order valence-corrected chi connectivity index (χ1v) is 10.8. The van der Waals surface area contributed by atoms with Crippen molar-refractivity contribution < 1.29 is 4.74 Å². The van der Waals surface area contributed by atoms with Gasteiger partial charge in [0.15, 0.2) is 11.5 Å². The van der Waals surface area contributed by atoms with Crippen LogP contribution in [0.25, 0.3) is 16.7 Å². The minimum atomic E-state index is 0.187. The van der Waals surface area contributed by atoms with E-state index in [0.29, 0.717) is 18.3 Å². The zero-order valence-corrected chi connectivity index (χ0v) is 17.7. The van der Waals surface area contributed by atoms with Crippen molar-refractivity contribution in [3.8, 4) is 5.75 Å². The molecule has 5 heterocycles. The monoisotopic (exact) mass is 429 g/mol. The Bertz CT molecular complexity index is 1310. The molecule has 6 rings (SSSR count). The van der Waals surface area contributed by atoms with Crippen molar-refractivity contribution in [1.82, 2.24) is 34.8 Å². The number of ether oxygens (including phenoxy) is 1. The van der Waals surface area contributed by atoms with E-state index in [1.807, 2.05) is 35.0 Å². The molecule has 10 heteroatoms. The van der Waals surface area contributed by atoms with Crippen LogP contribution in [0, 0.1) is 0 Å². The number of hydrazone groups is 1. The Morgan fingerprint density at radius 1 is 1.16 bits per heavy atom. The standard InChI is InChI=1S/C22H23N9O/c1-32-16-9-19-22(25-11-16)18(7-8-23-19)24-12-21-28-27-20-6-5-17(29-31(20)21)14-10-26-30(13-14)15-3-2-4-15/h5-11,14-15H,2-4,12-13H2,1H3,(H,23,24). The summed E-state index contributed by atoms with van der Waals surface area (Å²) in [5.74, 6) is 1.59. The lowest BCUT2D eigenvalue weighted by atomic mass is 9.92. The van der Waals surface area contributed by atoms with E-state index in [4.69, 9.17) is 9.84 Å². The van der Waals surface area contributed by atoms with Gasteiger partial charge in [0.05, 0.1) is 42.7 Å². The number of anilines is 1. The molecule has 0 spiro atoms. The number of hydrogen-bond donors (Lipinski definition) is 1. The van der Waals surface area contributed by atoms with E-state index in [2.05, 4.69) is 35.6 Å². The van der Waals surface area contributed by atoms with Crippen LogP contribution in [0.3, 0.4) is 0 Å². The number of pyridine rings is 2. The van der Waals surface area contributed by atoms with E-state index in [0.717, 1.165) is 40.4 Å². The molecule has 0 radical (unpaired) electrons. The summed E-state index contributed by atoms with van der Waals surface area (Å²) in [6.07, 6.45) is 9.23. The zero-order valence-electron chi connectivity index (χ0n) is 17.7. The van der Waals surface area contributed by atoms with E-state index in [-0.39, 0.29) is 5.92 Å². The van der Waals surface area contributed by atoms with Gasteiger partial charge in [-0.2, -0.15) is 14.7 Å². The minimum absolute atomic E-state index is 0.187. The molecule has 10 nitrogen and oxygen atoms in total. The smallest absolute Gasteiger partial charge is 0.177 e. The molecule has 1 aliphatic carbocycles. The van der Waals surface area contributed by atoms with Crippen LogP contribution in [-0.4, -0.2) is 60.7 Å². The maximum absolute atomic E-state index is 5.25. The van der Waals surface area contributed by atoms with Gasteiger partial charge in [-0.15, -0.1) is 10.2 Å². The second-order valence-corrected chi connectivity index (χ2v) is 8.18. The zero-order chi connectivity index (χ0) is 21.5. The molecule has 1 fully saturated rings. The molecule has 1 N–H and O–H groups in total. The fourth-order valence-corrected chi connectivity index (χ4v) is 4.16. The fraction of sp³-hybridized carbons (Fsp3) is 0.364. The topological polar surface area (TPSA) is 106 Å². The Hall–Kier alpha value is -3.82. The molecule has 2 aliphatic rings. The van der Waals surface area contributed by atoms with Gasteiger partial charge in [-0.1, -0.05) is 0 Å². The summed E-state index contributed by atoms with van der Waals surface area (Å²) in [7, 11) is 1.62. The highest BCUT2D eigenvalue weighted by atomic mass is 16.5. The lowest BCUT2D eigenvalue weighted by molar-refractivity contribution is 0.143. The molecule has 0 saturated heterocycles. The van der Waals surface area contributed by atoms with Gasteiger partial charge in [0.1, 0.15) is 11.3 Å². The summed E-state index contributed by atoms with van der Waals surface area (Å²) in [4.78, 5) is 8.87. The highest BCUT2D eigenvalue weighted by Gasteiger charge is 2.30. The first-order chi connectivity index (χ1) is 15.8. The van der Waals surface area contributed by atoms with Gasteiger partial charge in [0, 0.05) is 31.1 Å². The second-order valence-electron chi connectivity index (χ2n) is 8.18. The number of nitrogens with zero attached hydrogens (tertiary/aromatic N) is 8. The Balaban J connectivity index is 1.23. The van der Waals surface area contributed by atoms with E-state index in [9.17, 15) is 0 Å². The molecule has 4 aromatic heterocycles. The Labute approximate surface area is 184 Å². The Morgan fingerprint density at radius 3 is 2.94 bits per heavy atom. The molecular weight excluding hydrogens is 406 g/mol. The number of nitrogens with one attached hydrogen (secondary N) is 1. The largest absolute Gasteiger partial charge is 0.495 e. The molecule has 1 saturated carbocycles. The van der Waals surface area contributed by atoms with Crippen molar-refractivity contribution in [3.05, 3.63) is 48.2 Å². The molecule has 4 aromatic rings. The number of rotatable bonds is 6. The summed E-state index contributed by atoms with van der Waals surface area (Å²) < 4.78 is 7.05. The first kappa shape index (κ1) is 18.9. The third kappa shape index (κ3) is 3.28. The molecule has 1 aliphatic heterocycles. The van der Waals surface area contributed by atoms with Crippen molar-refractivity contribution in [2.24, 2.45) is 5.10 Å². The van der Waals surface area contributed by atoms with E-state index in [1.54, 1.807) is 19.5 Å². The molecule has 32 heavy (non-hydrogen) atoms. The van der Waals surface area contributed by atoms with Crippen molar-refractivity contribution in [2.45, 2.75) is 37.8 Å². The van der Waals surface area contributed by atoms with E-state index < -0.39 is 0 Å². The van der Waals surface area contributed by atoms with Gasteiger partial charge < -0.3 is 10.1 Å². The quantitative estimate of drug-likeness (QED) is 0.499. The summed E-state index contributed by atoms with van der Waals surface area (Å²) in [6, 6.07) is 8.35. The molecular formula is C22H23N9O. The highest BCUT2D eigenvalue weighted by Crippen LogP contribution is 2.30. The average Bonchev–Trinajstić information content (AvgIpc) is 3.43. The third-order valence-electron chi connectivity index (χ3n) is 6.23. The van der Waals surface area contributed by atoms with Crippen LogP contribution in [0.5, 0.6) is 5.75 Å². The van der Waals surface area contributed by atoms with Crippen LogP contribution < -0.4 is 10.1 Å². The molecule has 0 aromatic carbocycles.